The molecule has 1 aromatic carbocycles. The molecule has 4 N–H and O–H groups in total. The van der Waals surface area contributed by atoms with Crippen molar-refractivity contribution < 1.29 is 9.13 Å². The Morgan fingerprint density at radius 2 is 2.15 bits per heavy atom. The highest BCUT2D eigenvalue weighted by Crippen LogP contribution is 2.19. The molecule has 0 spiro atoms. The van der Waals surface area contributed by atoms with Gasteiger partial charge in [-0.25, -0.2) is 4.39 Å². The van der Waals surface area contributed by atoms with Crippen molar-refractivity contribution in [2.24, 2.45) is 11.5 Å². The van der Waals surface area contributed by atoms with E-state index >= 15 is 0 Å². The normalized spacial score (nSPS) is 12.6. The molecule has 1 aromatic rings. The Hall–Kier alpha value is -1.13. The first-order valence-corrected chi connectivity index (χ1v) is 3.97. The molecule has 4 heteroatoms. The predicted octanol–water partition coefficient (Wildman–Crippen LogP) is 0.793. The van der Waals surface area contributed by atoms with Crippen LogP contribution < -0.4 is 16.2 Å². The van der Waals surface area contributed by atoms with E-state index in [0.29, 0.717) is 11.3 Å². The fraction of sp³-hybridized carbons (Fsp3) is 0.333. The largest absolute Gasteiger partial charge is 0.497 e. The Balaban J connectivity index is 3.01. The molecule has 72 valence electrons. The zero-order valence-corrected chi connectivity index (χ0v) is 7.46. The molecule has 1 atom stereocenters. The number of halogens is 1. The Morgan fingerprint density at radius 3 is 2.69 bits per heavy atom. The van der Waals surface area contributed by atoms with Gasteiger partial charge < -0.3 is 16.2 Å². The van der Waals surface area contributed by atoms with Crippen molar-refractivity contribution in [1.82, 2.24) is 0 Å². The van der Waals surface area contributed by atoms with Gasteiger partial charge in [-0.1, -0.05) is 0 Å². The number of benzene rings is 1. The third-order valence-corrected chi connectivity index (χ3v) is 1.81. The lowest BCUT2D eigenvalue weighted by atomic mass is 10.1. The maximum Gasteiger partial charge on any atom is 0.127 e. The summed E-state index contributed by atoms with van der Waals surface area (Å²) in [6.45, 7) is 0.284. The van der Waals surface area contributed by atoms with Crippen molar-refractivity contribution in [2.45, 2.75) is 6.04 Å². The second kappa shape index (κ2) is 4.20. The smallest absolute Gasteiger partial charge is 0.127 e. The summed E-state index contributed by atoms with van der Waals surface area (Å²) in [5, 5.41) is 0. The number of ether oxygens (including phenoxy) is 1. The molecule has 0 saturated carbocycles. The molecule has 0 amide bonds. The van der Waals surface area contributed by atoms with E-state index in [1.165, 1.54) is 19.2 Å². The molecule has 1 rings (SSSR count). The molecule has 0 fully saturated rings. The minimum Gasteiger partial charge on any atom is -0.497 e. The van der Waals surface area contributed by atoms with Gasteiger partial charge >= 0.3 is 0 Å². The van der Waals surface area contributed by atoms with Gasteiger partial charge in [-0.15, -0.1) is 0 Å². The Morgan fingerprint density at radius 1 is 1.46 bits per heavy atom. The average Bonchev–Trinajstić information content (AvgIpc) is 2.15. The first kappa shape index (κ1) is 9.95. The Bertz CT molecular complexity index is 291. The minimum atomic E-state index is -0.363. The van der Waals surface area contributed by atoms with E-state index in [-0.39, 0.29) is 18.4 Å². The van der Waals surface area contributed by atoms with E-state index in [9.17, 15) is 4.39 Å². The zero-order chi connectivity index (χ0) is 9.84. The van der Waals surface area contributed by atoms with Crippen LogP contribution in [0.2, 0.25) is 0 Å². The van der Waals surface area contributed by atoms with E-state index < -0.39 is 0 Å². The van der Waals surface area contributed by atoms with Crippen LogP contribution >= 0.6 is 0 Å². The van der Waals surface area contributed by atoms with Gasteiger partial charge in [0.05, 0.1) is 7.11 Å². The van der Waals surface area contributed by atoms with E-state index in [0.717, 1.165) is 0 Å². The molecule has 0 saturated heterocycles. The monoisotopic (exact) mass is 184 g/mol. The summed E-state index contributed by atoms with van der Waals surface area (Å²) in [7, 11) is 1.48. The maximum atomic E-state index is 12.9. The lowest BCUT2D eigenvalue weighted by Gasteiger charge is -2.10. The molecule has 0 unspecified atom stereocenters. The number of hydrogen-bond acceptors (Lipinski definition) is 3. The van der Waals surface area contributed by atoms with Crippen molar-refractivity contribution >= 4 is 0 Å². The van der Waals surface area contributed by atoms with Crippen LogP contribution in [0, 0.1) is 5.82 Å². The van der Waals surface area contributed by atoms with Crippen molar-refractivity contribution in [3.8, 4) is 5.75 Å². The molecule has 0 heterocycles. The van der Waals surface area contributed by atoms with Crippen LogP contribution in [-0.2, 0) is 0 Å². The molecule has 0 aliphatic carbocycles. The standard InChI is InChI=1S/C9H13FN2O/c1-13-8-3-6(9(12)5-11)2-7(10)4-8/h2-4,9H,5,11-12H2,1H3/t9-/m0/s1. The van der Waals surface area contributed by atoms with E-state index in [2.05, 4.69) is 0 Å². The molecule has 3 nitrogen and oxygen atoms in total. The molecular formula is C9H13FN2O. The van der Waals surface area contributed by atoms with Gasteiger partial charge in [0, 0.05) is 18.7 Å². The SMILES string of the molecule is COc1cc(F)cc([C@@H](N)CN)c1. The van der Waals surface area contributed by atoms with Gasteiger partial charge in [0.2, 0.25) is 0 Å². The average molecular weight is 184 g/mol. The summed E-state index contributed by atoms with van der Waals surface area (Å²) in [6, 6.07) is 4.00. The molecule has 0 aliphatic rings. The topological polar surface area (TPSA) is 61.3 Å². The summed E-state index contributed by atoms with van der Waals surface area (Å²) < 4.78 is 17.8. The molecule has 0 bridgehead atoms. The van der Waals surface area contributed by atoms with Crippen LogP contribution in [0.15, 0.2) is 18.2 Å². The number of nitrogens with two attached hydrogens (primary N) is 2. The summed E-state index contributed by atoms with van der Waals surface area (Å²) in [4.78, 5) is 0. The van der Waals surface area contributed by atoms with Gasteiger partial charge in [-0.3, -0.25) is 0 Å². The van der Waals surface area contributed by atoms with Crippen molar-refractivity contribution in [3.63, 3.8) is 0 Å². The van der Waals surface area contributed by atoms with E-state index in [1.807, 2.05) is 0 Å². The lowest BCUT2D eigenvalue weighted by Crippen LogP contribution is -2.20. The molecule has 0 aromatic heterocycles. The number of methoxy groups -OCH3 is 1. The quantitative estimate of drug-likeness (QED) is 0.730. The predicted molar refractivity (Wildman–Crippen MR) is 48.9 cm³/mol. The van der Waals surface area contributed by atoms with Gasteiger partial charge in [-0.2, -0.15) is 0 Å². The summed E-state index contributed by atoms with van der Waals surface area (Å²) >= 11 is 0. The van der Waals surface area contributed by atoms with E-state index in [4.69, 9.17) is 16.2 Å². The lowest BCUT2D eigenvalue weighted by molar-refractivity contribution is 0.410. The Labute approximate surface area is 76.5 Å². The fourth-order valence-corrected chi connectivity index (χ4v) is 1.05. The highest BCUT2D eigenvalue weighted by Gasteiger charge is 2.06. The van der Waals surface area contributed by atoms with Crippen LogP contribution in [0.3, 0.4) is 0 Å². The third kappa shape index (κ3) is 2.40. The summed E-state index contributed by atoms with van der Waals surface area (Å²) in [5.74, 6) is 0.0946. The molecule has 0 aliphatic heterocycles. The highest BCUT2D eigenvalue weighted by molar-refractivity contribution is 5.31. The van der Waals surface area contributed by atoms with Crippen LogP contribution in [0.4, 0.5) is 4.39 Å². The zero-order valence-electron chi connectivity index (χ0n) is 7.46. The number of rotatable bonds is 3. The molecule has 0 radical (unpaired) electrons. The van der Waals surface area contributed by atoms with Crippen LogP contribution in [0.1, 0.15) is 11.6 Å². The summed E-state index contributed by atoms with van der Waals surface area (Å²) in [6.07, 6.45) is 0. The van der Waals surface area contributed by atoms with Gasteiger partial charge in [-0.05, 0) is 17.7 Å². The third-order valence-electron chi connectivity index (χ3n) is 1.81. The second-order valence-corrected chi connectivity index (χ2v) is 2.77. The van der Waals surface area contributed by atoms with Crippen molar-refractivity contribution in [2.75, 3.05) is 13.7 Å². The first-order valence-electron chi connectivity index (χ1n) is 3.97. The molecule has 13 heavy (non-hydrogen) atoms. The van der Waals surface area contributed by atoms with Crippen LogP contribution in [0.5, 0.6) is 5.75 Å². The second-order valence-electron chi connectivity index (χ2n) is 2.77. The first-order chi connectivity index (χ1) is 6.17. The maximum absolute atomic E-state index is 12.9. The molecular weight excluding hydrogens is 171 g/mol. The fourth-order valence-electron chi connectivity index (χ4n) is 1.05. The number of hydrogen-bond donors (Lipinski definition) is 2. The van der Waals surface area contributed by atoms with Crippen LogP contribution in [0.25, 0.3) is 0 Å². The van der Waals surface area contributed by atoms with Crippen LogP contribution in [-0.4, -0.2) is 13.7 Å². The highest BCUT2D eigenvalue weighted by atomic mass is 19.1. The van der Waals surface area contributed by atoms with Crippen molar-refractivity contribution in [1.29, 1.82) is 0 Å². The van der Waals surface area contributed by atoms with Gasteiger partial charge in [0.25, 0.3) is 0 Å². The van der Waals surface area contributed by atoms with Crippen molar-refractivity contribution in [3.05, 3.63) is 29.6 Å². The van der Waals surface area contributed by atoms with E-state index in [1.54, 1.807) is 6.07 Å². The van der Waals surface area contributed by atoms with Gasteiger partial charge in [0.1, 0.15) is 11.6 Å². The minimum absolute atomic E-state index is 0.284. The Kier molecular flexibility index (Phi) is 3.22. The summed E-state index contributed by atoms with van der Waals surface area (Å²) in [5.41, 5.74) is 11.6. The van der Waals surface area contributed by atoms with Gasteiger partial charge in [0.15, 0.2) is 0 Å².